The molecular formula is C27H29ClFN3OS. The molecule has 7 heteroatoms. The maximum Gasteiger partial charge on any atom is 0.319 e. The first-order valence-corrected chi connectivity index (χ1v) is 13.2. The molecule has 1 saturated heterocycles. The second-order valence-corrected chi connectivity index (χ2v) is 10.7. The third-order valence-electron chi connectivity index (χ3n) is 7.14. The number of rotatable bonds is 7. The van der Waals surface area contributed by atoms with Crippen LogP contribution in [0.2, 0.25) is 5.02 Å². The van der Waals surface area contributed by atoms with Gasteiger partial charge in [-0.1, -0.05) is 23.7 Å². The van der Waals surface area contributed by atoms with E-state index in [1.165, 1.54) is 12.1 Å². The van der Waals surface area contributed by atoms with Gasteiger partial charge in [0.05, 0.1) is 11.2 Å². The number of benzene rings is 2. The zero-order chi connectivity index (χ0) is 23.5. The number of anilines is 1. The molecular weight excluding hydrogens is 469 g/mol. The fourth-order valence-corrected chi connectivity index (χ4v) is 6.05. The third kappa shape index (κ3) is 5.29. The zero-order valence-electron chi connectivity index (χ0n) is 19.0. The third-order valence-corrected chi connectivity index (χ3v) is 8.06. The lowest BCUT2D eigenvalue weighted by Crippen LogP contribution is -2.61. The van der Waals surface area contributed by atoms with Crippen LogP contribution in [0.4, 0.5) is 14.9 Å². The van der Waals surface area contributed by atoms with E-state index in [0.29, 0.717) is 11.1 Å². The minimum atomic E-state index is -0.204. The van der Waals surface area contributed by atoms with Gasteiger partial charge in [-0.2, -0.15) is 11.3 Å². The normalized spacial score (nSPS) is 19.5. The average molecular weight is 498 g/mol. The van der Waals surface area contributed by atoms with Crippen LogP contribution in [0.1, 0.15) is 37.7 Å². The second kappa shape index (κ2) is 10.1. The second-order valence-electron chi connectivity index (χ2n) is 9.51. The summed E-state index contributed by atoms with van der Waals surface area (Å²) in [6.45, 7) is 1.89. The SMILES string of the molecule is O=C(Nc1ccc(Cl)cc1-c1ccsc1)NC1(CN2CCCC2Cc2ccc(F)cc2)CCC1. The topological polar surface area (TPSA) is 44.4 Å². The summed E-state index contributed by atoms with van der Waals surface area (Å²) in [7, 11) is 0. The van der Waals surface area contributed by atoms with Crippen molar-refractivity contribution >= 4 is 34.7 Å². The first-order chi connectivity index (χ1) is 16.5. The summed E-state index contributed by atoms with van der Waals surface area (Å²) in [5, 5.41) is 11.1. The summed E-state index contributed by atoms with van der Waals surface area (Å²) in [5.41, 5.74) is 3.68. The van der Waals surface area contributed by atoms with Gasteiger partial charge >= 0.3 is 6.03 Å². The van der Waals surface area contributed by atoms with Crippen molar-refractivity contribution < 1.29 is 9.18 Å². The molecule has 1 atom stereocenters. The van der Waals surface area contributed by atoms with Crippen LogP contribution < -0.4 is 10.6 Å². The summed E-state index contributed by atoms with van der Waals surface area (Å²) in [6.07, 6.45) is 6.29. The van der Waals surface area contributed by atoms with Crippen molar-refractivity contribution in [2.24, 2.45) is 0 Å². The van der Waals surface area contributed by atoms with Crippen LogP contribution in [-0.4, -0.2) is 35.6 Å². The average Bonchev–Trinajstić information content (AvgIpc) is 3.47. The molecule has 0 radical (unpaired) electrons. The van der Waals surface area contributed by atoms with E-state index in [2.05, 4.69) is 20.9 Å². The van der Waals surface area contributed by atoms with Crippen LogP contribution in [0.15, 0.2) is 59.3 Å². The minimum absolute atomic E-state index is 0.173. The molecule has 1 aromatic heterocycles. The molecule has 0 bridgehead atoms. The molecule has 2 fully saturated rings. The first kappa shape index (κ1) is 23.3. The maximum absolute atomic E-state index is 13.3. The number of hydrogen-bond acceptors (Lipinski definition) is 3. The van der Waals surface area contributed by atoms with Crippen LogP contribution in [0, 0.1) is 5.82 Å². The molecule has 178 valence electrons. The maximum atomic E-state index is 13.3. The Morgan fingerprint density at radius 1 is 1.15 bits per heavy atom. The first-order valence-electron chi connectivity index (χ1n) is 11.9. The molecule has 2 heterocycles. The summed E-state index contributed by atoms with van der Waals surface area (Å²) < 4.78 is 13.3. The van der Waals surface area contributed by atoms with Crippen LogP contribution >= 0.6 is 22.9 Å². The van der Waals surface area contributed by atoms with Crippen molar-refractivity contribution in [3.63, 3.8) is 0 Å². The van der Waals surface area contributed by atoms with E-state index in [4.69, 9.17) is 11.6 Å². The Labute approximate surface area is 209 Å². The van der Waals surface area contributed by atoms with Crippen LogP contribution in [0.3, 0.4) is 0 Å². The lowest BCUT2D eigenvalue weighted by molar-refractivity contribution is 0.109. The predicted octanol–water partition coefficient (Wildman–Crippen LogP) is 6.96. The van der Waals surface area contributed by atoms with Gasteiger partial charge in [-0.15, -0.1) is 0 Å². The molecule has 4 nitrogen and oxygen atoms in total. The molecule has 1 unspecified atom stereocenters. The summed E-state index contributed by atoms with van der Waals surface area (Å²) >= 11 is 7.85. The summed E-state index contributed by atoms with van der Waals surface area (Å²) in [6, 6.07) is 14.7. The molecule has 2 aliphatic rings. The molecule has 1 saturated carbocycles. The number of carbonyl (C=O) groups is 1. The largest absolute Gasteiger partial charge is 0.331 e. The summed E-state index contributed by atoms with van der Waals surface area (Å²) in [4.78, 5) is 15.6. The quantitative estimate of drug-likeness (QED) is 0.370. The molecule has 1 aliphatic heterocycles. The Morgan fingerprint density at radius 2 is 1.97 bits per heavy atom. The number of likely N-dealkylation sites (tertiary alicyclic amines) is 1. The lowest BCUT2D eigenvalue weighted by Gasteiger charge is -2.46. The highest BCUT2D eigenvalue weighted by Gasteiger charge is 2.42. The highest BCUT2D eigenvalue weighted by Crippen LogP contribution is 2.36. The van der Waals surface area contributed by atoms with Gasteiger partial charge in [-0.05, 0) is 103 Å². The molecule has 0 spiro atoms. The monoisotopic (exact) mass is 497 g/mol. The van der Waals surface area contributed by atoms with Gasteiger partial charge in [-0.3, -0.25) is 4.90 Å². The predicted molar refractivity (Wildman–Crippen MR) is 138 cm³/mol. The Morgan fingerprint density at radius 3 is 2.68 bits per heavy atom. The van der Waals surface area contributed by atoms with Crippen molar-refractivity contribution in [1.82, 2.24) is 10.2 Å². The number of carbonyl (C=O) groups excluding carboxylic acids is 1. The lowest BCUT2D eigenvalue weighted by atomic mass is 9.76. The fraction of sp³-hybridized carbons (Fsp3) is 0.370. The van der Waals surface area contributed by atoms with E-state index in [-0.39, 0.29) is 17.4 Å². The van der Waals surface area contributed by atoms with Gasteiger partial charge in [0.15, 0.2) is 0 Å². The number of thiophene rings is 1. The van der Waals surface area contributed by atoms with Gasteiger partial charge in [0, 0.05) is 23.2 Å². The van der Waals surface area contributed by atoms with Crippen molar-refractivity contribution in [3.05, 3.63) is 75.7 Å². The zero-order valence-corrected chi connectivity index (χ0v) is 20.6. The van der Waals surface area contributed by atoms with E-state index in [1.54, 1.807) is 17.4 Å². The highest BCUT2D eigenvalue weighted by atomic mass is 35.5. The number of nitrogens with one attached hydrogen (secondary N) is 2. The molecule has 2 N–H and O–H groups in total. The van der Waals surface area contributed by atoms with Crippen LogP contribution in [-0.2, 0) is 6.42 Å². The van der Waals surface area contributed by atoms with Gasteiger partial charge in [0.2, 0.25) is 0 Å². The van der Waals surface area contributed by atoms with Crippen LogP contribution in [0.5, 0.6) is 0 Å². The number of halogens is 2. The molecule has 2 amide bonds. The molecule has 2 aromatic carbocycles. The molecule has 1 aliphatic carbocycles. The van der Waals surface area contributed by atoms with E-state index >= 15 is 0 Å². The molecule has 34 heavy (non-hydrogen) atoms. The highest BCUT2D eigenvalue weighted by molar-refractivity contribution is 7.08. The number of amides is 2. The Bertz CT molecular complexity index is 1130. The van der Waals surface area contributed by atoms with Gasteiger partial charge in [-0.25, -0.2) is 9.18 Å². The Balaban J connectivity index is 1.25. The van der Waals surface area contributed by atoms with E-state index in [1.807, 2.05) is 35.7 Å². The number of urea groups is 1. The number of nitrogens with zero attached hydrogens (tertiary/aromatic N) is 1. The van der Waals surface area contributed by atoms with E-state index in [9.17, 15) is 9.18 Å². The Kier molecular flexibility index (Phi) is 6.91. The van der Waals surface area contributed by atoms with Crippen molar-refractivity contribution in [2.45, 2.75) is 50.1 Å². The van der Waals surface area contributed by atoms with Gasteiger partial charge in [0.25, 0.3) is 0 Å². The van der Waals surface area contributed by atoms with Gasteiger partial charge in [0.1, 0.15) is 5.82 Å². The standard InChI is InChI=1S/C27H29ClFN3OS/c28-21-6-9-25(24(16-21)20-10-14-34-17-20)30-26(33)31-27(11-2-12-27)18-32-13-1-3-23(32)15-19-4-7-22(29)8-5-19/h4-10,14,16-17,23H,1-3,11-13,15,18H2,(H2,30,31,33). The fourth-order valence-electron chi connectivity index (χ4n) is 5.22. The van der Waals surface area contributed by atoms with Gasteiger partial charge < -0.3 is 10.6 Å². The molecule has 5 rings (SSSR count). The van der Waals surface area contributed by atoms with Crippen LogP contribution in [0.25, 0.3) is 11.1 Å². The Hall–Kier alpha value is -2.41. The summed E-state index contributed by atoms with van der Waals surface area (Å²) in [5.74, 6) is -0.196. The van der Waals surface area contributed by atoms with Crippen molar-refractivity contribution in [2.75, 3.05) is 18.4 Å². The van der Waals surface area contributed by atoms with Crippen molar-refractivity contribution in [3.8, 4) is 11.1 Å². The minimum Gasteiger partial charge on any atom is -0.331 e. The van der Waals surface area contributed by atoms with Crippen molar-refractivity contribution in [1.29, 1.82) is 0 Å². The molecule has 3 aromatic rings. The van der Waals surface area contributed by atoms with E-state index in [0.717, 1.165) is 74.0 Å². The van der Waals surface area contributed by atoms with E-state index < -0.39 is 0 Å². The smallest absolute Gasteiger partial charge is 0.319 e. The number of hydrogen-bond donors (Lipinski definition) is 2.